The molecule has 0 spiro atoms. The topological polar surface area (TPSA) is 109 Å². The molecule has 2 saturated heterocycles. The average molecular weight is 334 g/mol. The van der Waals surface area contributed by atoms with Crippen LogP contribution in [0.5, 0.6) is 0 Å². The first-order valence-electron chi connectivity index (χ1n) is 5.28. The summed E-state index contributed by atoms with van der Waals surface area (Å²) >= 11 is 0. The maximum absolute atomic E-state index is 11.3. The lowest BCUT2D eigenvalue weighted by atomic mass is 10.3. The Morgan fingerprint density at radius 2 is 1.06 bits per heavy atom. The van der Waals surface area contributed by atoms with Crippen LogP contribution in [0.4, 0.5) is 0 Å². The van der Waals surface area contributed by atoms with Gasteiger partial charge in [0.05, 0.1) is 45.7 Å². The molecule has 0 aromatic rings. The Morgan fingerprint density at radius 1 is 0.722 bits per heavy atom. The molecular weight excluding hydrogens is 320 g/mol. The van der Waals surface area contributed by atoms with Gasteiger partial charge in [0.15, 0.2) is 19.7 Å². The van der Waals surface area contributed by atoms with Crippen LogP contribution in [-0.2, 0) is 19.7 Å². The van der Waals surface area contributed by atoms with Crippen molar-refractivity contribution in [3.8, 4) is 0 Å². The molecule has 4 atom stereocenters. The summed E-state index contributed by atoms with van der Waals surface area (Å²) in [6.45, 7) is 0. The quantitative estimate of drug-likeness (QED) is 0.612. The third-order valence-corrected chi connectivity index (χ3v) is 10.1. The van der Waals surface area contributed by atoms with Gasteiger partial charge in [-0.1, -0.05) is 21.6 Å². The zero-order chi connectivity index (χ0) is 13.6. The zero-order valence-corrected chi connectivity index (χ0v) is 12.6. The van der Waals surface area contributed by atoms with Gasteiger partial charge in [-0.25, -0.2) is 16.8 Å². The first-order chi connectivity index (χ1) is 8.19. The molecule has 0 saturated carbocycles. The van der Waals surface area contributed by atoms with E-state index in [4.69, 9.17) is 0 Å². The van der Waals surface area contributed by atoms with E-state index in [0.29, 0.717) is 0 Å². The molecule has 0 radical (unpaired) electrons. The van der Waals surface area contributed by atoms with Crippen molar-refractivity contribution in [2.45, 2.75) is 22.7 Å². The summed E-state index contributed by atoms with van der Waals surface area (Å²) in [5.41, 5.74) is 0. The number of sulfone groups is 2. The van der Waals surface area contributed by atoms with Crippen LogP contribution in [0.3, 0.4) is 0 Å². The minimum Gasteiger partial charge on any atom is -0.391 e. The van der Waals surface area contributed by atoms with Crippen molar-refractivity contribution in [3.05, 3.63) is 0 Å². The molecule has 2 rings (SSSR count). The zero-order valence-electron chi connectivity index (χ0n) is 9.30. The lowest BCUT2D eigenvalue weighted by Gasteiger charge is -2.15. The van der Waals surface area contributed by atoms with Gasteiger partial charge in [-0.3, -0.25) is 0 Å². The van der Waals surface area contributed by atoms with Crippen molar-refractivity contribution in [3.63, 3.8) is 0 Å². The molecule has 2 N–H and O–H groups in total. The molecule has 106 valence electrons. The fourth-order valence-electron chi connectivity index (χ4n) is 1.92. The van der Waals surface area contributed by atoms with E-state index in [1.54, 1.807) is 0 Å². The number of hydrogen-bond donors (Lipinski definition) is 2. The minimum atomic E-state index is -3.19. The summed E-state index contributed by atoms with van der Waals surface area (Å²) in [5.74, 6) is -0.670. The van der Waals surface area contributed by atoms with E-state index in [1.165, 1.54) is 0 Å². The van der Waals surface area contributed by atoms with Gasteiger partial charge in [-0.2, -0.15) is 0 Å². The molecule has 2 aliphatic rings. The highest BCUT2D eigenvalue weighted by Crippen LogP contribution is 2.40. The monoisotopic (exact) mass is 334 g/mol. The Labute approximate surface area is 114 Å². The van der Waals surface area contributed by atoms with Crippen molar-refractivity contribution in [2.24, 2.45) is 0 Å². The van der Waals surface area contributed by atoms with Crippen molar-refractivity contribution < 1.29 is 27.0 Å². The summed E-state index contributed by atoms with van der Waals surface area (Å²) in [4.78, 5) is 0. The second kappa shape index (κ2) is 5.13. The van der Waals surface area contributed by atoms with Gasteiger partial charge >= 0.3 is 0 Å². The molecule has 0 aromatic heterocycles. The standard InChI is InChI=1S/C8H14O6S4/c9-5-1-17(11,12)3-7(5)15-16-8-4-18(13,14)2-6(8)10/h5-10H,1-4H2/t5-,6+,7-,8-/m1/s1. The molecule has 0 aliphatic carbocycles. The summed E-state index contributed by atoms with van der Waals surface area (Å²) in [6.07, 6.45) is -1.83. The van der Waals surface area contributed by atoms with Gasteiger partial charge in [0.2, 0.25) is 0 Å². The van der Waals surface area contributed by atoms with Crippen LogP contribution < -0.4 is 0 Å². The second-order valence-electron chi connectivity index (χ2n) is 4.56. The summed E-state index contributed by atoms with van der Waals surface area (Å²) in [7, 11) is -4.06. The van der Waals surface area contributed by atoms with Crippen LogP contribution in [0, 0.1) is 0 Å². The van der Waals surface area contributed by atoms with E-state index in [0.717, 1.165) is 21.6 Å². The summed E-state index contributed by atoms with van der Waals surface area (Å²) in [6, 6.07) is 0. The van der Waals surface area contributed by atoms with Crippen LogP contribution >= 0.6 is 21.6 Å². The molecular formula is C8H14O6S4. The highest BCUT2D eigenvalue weighted by molar-refractivity contribution is 8.77. The van der Waals surface area contributed by atoms with Gasteiger partial charge in [-0.05, 0) is 0 Å². The highest BCUT2D eigenvalue weighted by atomic mass is 33.1. The van der Waals surface area contributed by atoms with E-state index in [9.17, 15) is 27.0 Å². The predicted molar refractivity (Wildman–Crippen MR) is 72.1 cm³/mol. The number of aliphatic hydroxyl groups excluding tert-OH is 2. The Morgan fingerprint density at radius 3 is 1.28 bits per heavy atom. The van der Waals surface area contributed by atoms with Crippen LogP contribution in [0.15, 0.2) is 0 Å². The fraction of sp³-hybridized carbons (Fsp3) is 1.00. The van der Waals surface area contributed by atoms with Crippen molar-refractivity contribution in [1.82, 2.24) is 0 Å². The first kappa shape index (κ1) is 14.9. The molecule has 6 nitrogen and oxygen atoms in total. The normalized spacial score (nSPS) is 42.1. The molecule has 0 amide bonds. The maximum atomic E-state index is 11.3. The molecule has 0 aromatic carbocycles. The number of hydrogen-bond acceptors (Lipinski definition) is 8. The third kappa shape index (κ3) is 3.54. The van der Waals surface area contributed by atoms with Gasteiger partial charge in [0.1, 0.15) is 0 Å². The van der Waals surface area contributed by atoms with Crippen LogP contribution in [0.1, 0.15) is 0 Å². The number of rotatable bonds is 3. The van der Waals surface area contributed by atoms with Gasteiger partial charge < -0.3 is 10.2 Å². The number of aliphatic hydroxyl groups is 2. The minimum absolute atomic E-state index is 0.0958. The Kier molecular flexibility index (Phi) is 4.25. The van der Waals surface area contributed by atoms with Crippen LogP contribution in [-0.4, -0.2) is 72.8 Å². The lowest BCUT2D eigenvalue weighted by molar-refractivity contribution is 0.206. The van der Waals surface area contributed by atoms with Crippen LogP contribution in [0.25, 0.3) is 0 Å². The molecule has 10 heteroatoms. The second-order valence-corrected chi connectivity index (χ2v) is 11.6. The molecule has 18 heavy (non-hydrogen) atoms. The van der Waals surface area contributed by atoms with E-state index < -0.39 is 42.4 Å². The summed E-state index contributed by atoms with van der Waals surface area (Å²) < 4.78 is 45.1. The fourth-order valence-corrected chi connectivity index (χ4v) is 10.4. The van der Waals surface area contributed by atoms with Gasteiger partial charge in [0.25, 0.3) is 0 Å². The van der Waals surface area contributed by atoms with E-state index in [1.807, 2.05) is 0 Å². The van der Waals surface area contributed by atoms with Gasteiger partial charge in [0, 0.05) is 0 Å². The highest BCUT2D eigenvalue weighted by Gasteiger charge is 2.41. The van der Waals surface area contributed by atoms with E-state index in [2.05, 4.69) is 0 Å². The molecule has 0 bridgehead atoms. The molecule has 2 fully saturated rings. The van der Waals surface area contributed by atoms with Crippen molar-refractivity contribution >= 4 is 41.3 Å². The van der Waals surface area contributed by atoms with Crippen molar-refractivity contribution in [2.75, 3.05) is 23.0 Å². The average Bonchev–Trinajstić information content (AvgIpc) is 2.59. The van der Waals surface area contributed by atoms with E-state index >= 15 is 0 Å². The first-order valence-corrected chi connectivity index (χ1v) is 11.2. The largest absolute Gasteiger partial charge is 0.391 e. The lowest BCUT2D eigenvalue weighted by Crippen LogP contribution is -2.22. The molecule has 0 unspecified atom stereocenters. The Bertz CT molecular complexity index is 464. The predicted octanol–water partition coefficient (Wildman–Crippen LogP) is -1.32. The third-order valence-electron chi connectivity index (χ3n) is 2.85. The smallest absolute Gasteiger partial charge is 0.154 e. The molecule has 2 aliphatic heterocycles. The van der Waals surface area contributed by atoms with E-state index in [-0.39, 0.29) is 23.0 Å². The SMILES string of the molecule is O=S1(=O)C[C@@H](O)[C@H](SS[C@@H]2CS(=O)(=O)C[C@@H]2O)C1. The Hall–Kier alpha value is 0.520. The maximum Gasteiger partial charge on any atom is 0.154 e. The molecule has 2 heterocycles. The summed E-state index contributed by atoms with van der Waals surface area (Å²) in [5, 5.41) is 18.2. The van der Waals surface area contributed by atoms with Crippen LogP contribution in [0.2, 0.25) is 0 Å². The van der Waals surface area contributed by atoms with Gasteiger partial charge in [-0.15, -0.1) is 0 Å². The Balaban J connectivity index is 1.90. The van der Waals surface area contributed by atoms with Crippen molar-refractivity contribution in [1.29, 1.82) is 0 Å².